The Balaban J connectivity index is 1.63. The van der Waals surface area contributed by atoms with E-state index in [0.717, 1.165) is 23.1 Å². The third-order valence-corrected chi connectivity index (χ3v) is 3.96. The average molecular weight is 239 g/mol. The summed E-state index contributed by atoms with van der Waals surface area (Å²) in [5.41, 5.74) is 0. The maximum atomic E-state index is 12.9. The quantitative estimate of drug-likeness (QED) is 0.604. The van der Waals surface area contributed by atoms with E-state index in [4.69, 9.17) is 0 Å². The molecule has 3 heteroatoms. The summed E-state index contributed by atoms with van der Waals surface area (Å²) >= 11 is 1.71. The highest BCUT2D eigenvalue weighted by atomic mass is 32.2. The first-order chi connectivity index (χ1) is 7.75. The van der Waals surface area contributed by atoms with Gasteiger partial charge in [-0.15, -0.1) is 11.8 Å². The first-order valence-corrected chi connectivity index (χ1v) is 6.86. The second-order valence-corrected chi connectivity index (χ2v) is 5.55. The van der Waals surface area contributed by atoms with E-state index in [1.54, 1.807) is 23.9 Å². The summed E-state index contributed by atoms with van der Waals surface area (Å²) in [6, 6.07) is 7.44. The van der Waals surface area contributed by atoms with Gasteiger partial charge in [-0.25, -0.2) is 4.39 Å². The zero-order valence-corrected chi connectivity index (χ0v) is 10.4. The number of hydrogen-bond donors (Lipinski definition) is 1. The number of rotatable bonds is 6. The minimum absolute atomic E-state index is 0.149. The Bertz CT molecular complexity index is 338. The molecular weight excluding hydrogens is 221 g/mol. The number of nitrogens with one attached hydrogen (secondary N) is 1. The predicted molar refractivity (Wildman–Crippen MR) is 67.3 cm³/mol. The van der Waals surface area contributed by atoms with Crippen LogP contribution >= 0.6 is 11.8 Å². The fraction of sp³-hybridized carbons (Fsp3) is 0.538. The summed E-state index contributed by atoms with van der Waals surface area (Å²) in [7, 11) is 0. The van der Waals surface area contributed by atoms with Gasteiger partial charge in [-0.1, -0.05) is 6.07 Å². The molecule has 1 atom stereocenters. The molecule has 1 aromatic carbocycles. The first kappa shape index (κ1) is 11.9. The Labute approximate surface area is 101 Å². The Morgan fingerprint density at radius 2 is 2.31 bits per heavy atom. The van der Waals surface area contributed by atoms with Crippen molar-refractivity contribution in [2.45, 2.75) is 30.7 Å². The maximum Gasteiger partial charge on any atom is 0.124 e. The van der Waals surface area contributed by atoms with Crippen LogP contribution in [0.25, 0.3) is 0 Å². The molecule has 0 spiro atoms. The van der Waals surface area contributed by atoms with E-state index in [0.29, 0.717) is 6.04 Å². The van der Waals surface area contributed by atoms with Crippen molar-refractivity contribution in [3.63, 3.8) is 0 Å². The Morgan fingerprint density at radius 3 is 3.00 bits per heavy atom. The summed E-state index contributed by atoms with van der Waals surface area (Å²) in [6.07, 6.45) is 2.76. The Morgan fingerprint density at radius 1 is 1.50 bits per heavy atom. The summed E-state index contributed by atoms with van der Waals surface area (Å²) in [6.45, 7) is 3.25. The molecule has 1 aliphatic carbocycles. The second kappa shape index (κ2) is 5.69. The van der Waals surface area contributed by atoms with Crippen LogP contribution in [0.3, 0.4) is 0 Å². The van der Waals surface area contributed by atoms with Crippen LogP contribution in [0, 0.1) is 11.7 Å². The third-order valence-electron chi connectivity index (χ3n) is 2.96. The zero-order chi connectivity index (χ0) is 11.4. The lowest BCUT2D eigenvalue weighted by Crippen LogP contribution is -2.29. The van der Waals surface area contributed by atoms with Gasteiger partial charge < -0.3 is 5.32 Å². The van der Waals surface area contributed by atoms with E-state index in [1.807, 2.05) is 6.07 Å². The van der Waals surface area contributed by atoms with Crippen molar-refractivity contribution in [1.29, 1.82) is 0 Å². The van der Waals surface area contributed by atoms with Crippen LogP contribution in [0.2, 0.25) is 0 Å². The lowest BCUT2D eigenvalue weighted by molar-refractivity contribution is 0.514. The molecule has 1 unspecified atom stereocenters. The molecule has 0 heterocycles. The van der Waals surface area contributed by atoms with Crippen molar-refractivity contribution in [1.82, 2.24) is 5.32 Å². The molecule has 0 saturated heterocycles. The van der Waals surface area contributed by atoms with Crippen molar-refractivity contribution in [2.75, 3.05) is 12.3 Å². The van der Waals surface area contributed by atoms with Gasteiger partial charge >= 0.3 is 0 Å². The van der Waals surface area contributed by atoms with Gasteiger partial charge in [0.2, 0.25) is 0 Å². The largest absolute Gasteiger partial charge is 0.313 e. The van der Waals surface area contributed by atoms with E-state index < -0.39 is 0 Å². The van der Waals surface area contributed by atoms with Crippen LogP contribution in [0.15, 0.2) is 29.2 Å². The summed E-state index contributed by atoms with van der Waals surface area (Å²) in [5, 5.41) is 3.51. The fourth-order valence-electron chi connectivity index (χ4n) is 1.78. The van der Waals surface area contributed by atoms with E-state index >= 15 is 0 Å². The van der Waals surface area contributed by atoms with E-state index in [2.05, 4.69) is 12.2 Å². The molecule has 16 heavy (non-hydrogen) atoms. The molecule has 1 N–H and O–H groups in total. The summed E-state index contributed by atoms with van der Waals surface area (Å²) in [5.74, 6) is 1.75. The average Bonchev–Trinajstić information content (AvgIpc) is 3.08. The van der Waals surface area contributed by atoms with Crippen LogP contribution in [0.1, 0.15) is 19.8 Å². The molecule has 0 aliphatic heterocycles. The number of hydrogen-bond acceptors (Lipinski definition) is 2. The lowest BCUT2D eigenvalue weighted by atomic mass is 10.2. The molecule has 1 aliphatic rings. The minimum atomic E-state index is -0.149. The summed E-state index contributed by atoms with van der Waals surface area (Å²) < 4.78 is 12.9. The molecule has 0 radical (unpaired) electrons. The Hall–Kier alpha value is -0.540. The van der Waals surface area contributed by atoms with Crippen LogP contribution in [0.4, 0.5) is 4.39 Å². The molecule has 0 amide bonds. The minimum Gasteiger partial charge on any atom is -0.313 e. The highest BCUT2D eigenvalue weighted by Crippen LogP contribution is 2.32. The van der Waals surface area contributed by atoms with E-state index in [1.165, 1.54) is 18.9 Å². The molecule has 2 rings (SSSR count). The lowest BCUT2D eigenvalue weighted by Gasteiger charge is -2.11. The molecule has 88 valence electrons. The molecule has 0 aromatic heterocycles. The molecule has 1 aromatic rings. The monoisotopic (exact) mass is 239 g/mol. The molecule has 1 nitrogen and oxygen atoms in total. The van der Waals surface area contributed by atoms with Gasteiger partial charge in [-0.05, 0) is 43.9 Å². The smallest absolute Gasteiger partial charge is 0.124 e. The maximum absolute atomic E-state index is 12.9. The Kier molecular flexibility index (Phi) is 4.24. The van der Waals surface area contributed by atoms with Gasteiger partial charge in [0.25, 0.3) is 0 Å². The SMILES string of the molecule is CC(NCCSc1cccc(F)c1)C1CC1. The molecule has 1 saturated carbocycles. The summed E-state index contributed by atoms with van der Waals surface area (Å²) in [4.78, 5) is 1.01. The highest BCUT2D eigenvalue weighted by molar-refractivity contribution is 7.99. The van der Waals surface area contributed by atoms with Crippen LogP contribution in [0.5, 0.6) is 0 Å². The van der Waals surface area contributed by atoms with E-state index in [9.17, 15) is 4.39 Å². The van der Waals surface area contributed by atoms with Gasteiger partial charge in [0.05, 0.1) is 0 Å². The zero-order valence-electron chi connectivity index (χ0n) is 9.58. The molecule has 1 fully saturated rings. The predicted octanol–water partition coefficient (Wildman–Crippen LogP) is 3.31. The van der Waals surface area contributed by atoms with Gasteiger partial charge in [0.1, 0.15) is 5.82 Å². The topological polar surface area (TPSA) is 12.0 Å². The van der Waals surface area contributed by atoms with Gasteiger partial charge in [-0.2, -0.15) is 0 Å². The normalized spacial score (nSPS) is 17.4. The standard InChI is InChI=1S/C13H18FNS/c1-10(11-5-6-11)15-7-8-16-13-4-2-3-12(14)9-13/h2-4,9-11,15H,5-8H2,1H3. The fourth-order valence-corrected chi connectivity index (χ4v) is 2.60. The van der Waals surface area contributed by atoms with Crippen LogP contribution < -0.4 is 5.32 Å². The number of halogens is 1. The van der Waals surface area contributed by atoms with Crippen molar-refractivity contribution in [3.8, 4) is 0 Å². The van der Waals surface area contributed by atoms with Crippen molar-refractivity contribution in [3.05, 3.63) is 30.1 Å². The molecular formula is C13H18FNS. The van der Waals surface area contributed by atoms with Crippen molar-refractivity contribution >= 4 is 11.8 Å². The first-order valence-electron chi connectivity index (χ1n) is 5.87. The van der Waals surface area contributed by atoms with Gasteiger partial charge in [0, 0.05) is 23.2 Å². The number of benzene rings is 1. The van der Waals surface area contributed by atoms with Crippen molar-refractivity contribution < 1.29 is 4.39 Å². The van der Waals surface area contributed by atoms with E-state index in [-0.39, 0.29) is 5.82 Å². The third kappa shape index (κ3) is 3.80. The highest BCUT2D eigenvalue weighted by Gasteiger charge is 2.27. The van der Waals surface area contributed by atoms with Gasteiger partial charge in [-0.3, -0.25) is 0 Å². The van der Waals surface area contributed by atoms with Gasteiger partial charge in [0.15, 0.2) is 0 Å². The van der Waals surface area contributed by atoms with Crippen molar-refractivity contribution in [2.24, 2.45) is 5.92 Å². The number of thioether (sulfide) groups is 1. The second-order valence-electron chi connectivity index (χ2n) is 4.39. The molecule has 0 bridgehead atoms. The van der Waals surface area contributed by atoms with Crippen LogP contribution in [-0.4, -0.2) is 18.3 Å². The van der Waals surface area contributed by atoms with Crippen LogP contribution in [-0.2, 0) is 0 Å².